The van der Waals surface area contributed by atoms with Crippen molar-refractivity contribution < 1.29 is 4.74 Å². The molecule has 1 aliphatic heterocycles. The zero-order chi connectivity index (χ0) is 15.4. The molecular weight excluding hydrogens is 306 g/mol. The number of fused-ring (bicyclic) bond motifs is 1. The topological polar surface area (TPSA) is 12.5 Å². The number of hydrogen-bond donors (Lipinski definition) is 0. The fourth-order valence-electron chi connectivity index (χ4n) is 3.37. The van der Waals surface area contributed by atoms with Crippen LogP contribution >= 0.6 is 12.4 Å². The van der Waals surface area contributed by atoms with E-state index in [1.54, 1.807) is 7.11 Å². The van der Waals surface area contributed by atoms with Gasteiger partial charge in [0, 0.05) is 19.1 Å². The third-order valence-electron chi connectivity index (χ3n) is 4.75. The molecule has 0 bridgehead atoms. The number of rotatable bonds is 4. The molecule has 1 aliphatic rings. The lowest BCUT2D eigenvalue weighted by molar-refractivity contribution is 0.217. The summed E-state index contributed by atoms with van der Waals surface area (Å²) < 4.78 is 5.36. The van der Waals surface area contributed by atoms with Gasteiger partial charge in [0.1, 0.15) is 5.75 Å². The van der Waals surface area contributed by atoms with Crippen LogP contribution in [0.25, 0.3) is 0 Å². The standard InChI is InChI=1S/C20H25NO.ClH/c1-16(14-17-6-4-3-5-7-17)21-12-10-18-8-9-20(22-2)15-19(18)11-13-21;/h3-9,15-16H,10-14H2,1-2H3;1H. The lowest BCUT2D eigenvalue weighted by atomic mass is 10.0. The Hall–Kier alpha value is -1.51. The highest BCUT2D eigenvalue weighted by Crippen LogP contribution is 2.23. The predicted octanol–water partition coefficient (Wildman–Crippen LogP) is 4.15. The van der Waals surface area contributed by atoms with Crippen LogP contribution < -0.4 is 4.74 Å². The van der Waals surface area contributed by atoms with Gasteiger partial charge in [-0.25, -0.2) is 0 Å². The molecule has 0 aliphatic carbocycles. The van der Waals surface area contributed by atoms with E-state index in [-0.39, 0.29) is 12.4 Å². The Balaban J connectivity index is 0.00000192. The molecule has 0 N–H and O–H groups in total. The molecule has 124 valence electrons. The monoisotopic (exact) mass is 331 g/mol. The third-order valence-corrected chi connectivity index (χ3v) is 4.75. The Morgan fingerprint density at radius 1 is 1.00 bits per heavy atom. The van der Waals surface area contributed by atoms with Crippen LogP contribution in [0.5, 0.6) is 5.75 Å². The summed E-state index contributed by atoms with van der Waals surface area (Å²) >= 11 is 0. The second kappa shape index (κ2) is 8.37. The van der Waals surface area contributed by atoms with Gasteiger partial charge in [-0.2, -0.15) is 0 Å². The highest BCUT2D eigenvalue weighted by Gasteiger charge is 2.19. The quantitative estimate of drug-likeness (QED) is 0.834. The Kier molecular flexibility index (Phi) is 6.49. The molecule has 0 radical (unpaired) electrons. The van der Waals surface area contributed by atoms with E-state index in [1.807, 2.05) is 0 Å². The Morgan fingerprint density at radius 3 is 2.39 bits per heavy atom. The summed E-state index contributed by atoms with van der Waals surface area (Å²) in [5, 5.41) is 0. The van der Waals surface area contributed by atoms with Crippen LogP contribution in [0, 0.1) is 0 Å². The summed E-state index contributed by atoms with van der Waals surface area (Å²) in [6.45, 7) is 4.63. The molecule has 0 aromatic heterocycles. The lowest BCUT2D eigenvalue weighted by Crippen LogP contribution is -2.36. The first-order valence-corrected chi connectivity index (χ1v) is 8.20. The summed E-state index contributed by atoms with van der Waals surface area (Å²) in [6.07, 6.45) is 3.38. The molecule has 0 saturated heterocycles. The molecule has 0 spiro atoms. The molecule has 2 aromatic rings. The molecule has 1 atom stereocenters. The van der Waals surface area contributed by atoms with Gasteiger partial charge < -0.3 is 4.74 Å². The minimum atomic E-state index is 0. The maximum atomic E-state index is 5.36. The van der Waals surface area contributed by atoms with Crippen molar-refractivity contribution in [2.24, 2.45) is 0 Å². The van der Waals surface area contributed by atoms with Crippen LogP contribution in [0.15, 0.2) is 48.5 Å². The molecule has 23 heavy (non-hydrogen) atoms. The maximum Gasteiger partial charge on any atom is 0.119 e. The van der Waals surface area contributed by atoms with Gasteiger partial charge in [-0.05, 0) is 55.0 Å². The number of benzene rings is 2. The minimum Gasteiger partial charge on any atom is -0.497 e. The number of nitrogens with zero attached hydrogens (tertiary/aromatic N) is 1. The number of halogens is 1. The second-order valence-electron chi connectivity index (χ2n) is 6.21. The van der Waals surface area contributed by atoms with Gasteiger partial charge in [-0.1, -0.05) is 36.4 Å². The van der Waals surface area contributed by atoms with E-state index >= 15 is 0 Å². The molecule has 1 unspecified atom stereocenters. The Morgan fingerprint density at radius 2 is 1.70 bits per heavy atom. The van der Waals surface area contributed by atoms with Gasteiger partial charge in [-0.15, -0.1) is 12.4 Å². The van der Waals surface area contributed by atoms with Crippen LogP contribution in [0.4, 0.5) is 0 Å². The van der Waals surface area contributed by atoms with Gasteiger partial charge >= 0.3 is 0 Å². The van der Waals surface area contributed by atoms with Crippen LogP contribution in [0.1, 0.15) is 23.6 Å². The van der Waals surface area contributed by atoms with Gasteiger partial charge in [0.05, 0.1) is 7.11 Å². The van der Waals surface area contributed by atoms with Crippen LogP contribution in [0.3, 0.4) is 0 Å². The molecule has 2 nitrogen and oxygen atoms in total. The minimum absolute atomic E-state index is 0. The average molecular weight is 332 g/mol. The Labute approximate surface area is 145 Å². The van der Waals surface area contributed by atoms with Crippen molar-refractivity contribution in [2.45, 2.75) is 32.2 Å². The maximum absolute atomic E-state index is 5.36. The van der Waals surface area contributed by atoms with E-state index < -0.39 is 0 Å². The van der Waals surface area contributed by atoms with Gasteiger partial charge in [0.25, 0.3) is 0 Å². The fraction of sp³-hybridized carbons (Fsp3) is 0.400. The highest BCUT2D eigenvalue weighted by molar-refractivity contribution is 5.85. The summed E-state index contributed by atoms with van der Waals surface area (Å²) in [7, 11) is 1.74. The number of methoxy groups -OCH3 is 1. The first-order valence-electron chi connectivity index (χ1n) is 8.20. The number of hydrogen-bond acceptors (Lipinski definition) is 2. The zero-order valence-corrected chi connectivity index (χ0v) is 14.8. The SMILES string of the molecule is COc1ccc2c(c1)CCN(C(C)Cc1ccccc1)CC2.Cl. The third kappa shape index (κ3) is 4.49. The fourth-order valence-corrected chi connectivity index (χ4v) is 3.37. The van der Waals surface area contributed by atoms with Gasteiger partial charge in [0.2, 0.25) is 0 Å². The van der Waals surface area contributed by atoms with E-state index in [9.17, 15) is 0 Å². The largest absolute Gasteiger partial charge is 0.497 e. The molecule has 2 aromatic carbocycles. The van der Waals surface area contributed by atoms with E-state index in [2.05, 4.69) is 60.4 Å². The van der Waals surface area contributed by atoms with Crippen molar-refractivity contribution >= 4 is 12.4 Å². The first kappa shape index (κ1) is 17.8. The van der Waals surface area contributed by atoms with Crippen molar-refractivity contribution in [1.29, 1.82) is 0 Å². The van der Waals surface area contributed by atoms with Crippen LogP contribution in [-0.4, -0.2) is 31.1 Å². The van der Waals surface area contributed by atoms with Gasteiger partial charge in [-0.3, -0.25) is 4.90 Å². The van der Waals surface area contributed by atoms with Gasteiger partial charge in [0.15, 0.2) is 0 Å². The van der Waals surface area contributed by atoms with Crippen molar-refractivity contribution in [1.82, 2.24) is 4.90 Å². The smallest absolute Gasteiger partial charge is 0.119 e. The van der Waals surface area contributed by atoms with Crippen molar-refractivity contribution in [2.75, 3.05) is 20.2 Å². The molecule has 0 amide bonds. The van der Waals surface area contributed by atoms with E-state index in [0.717, 1.165) is 38.1 Å². The van der Waals surface area contributed by atoms with E-state index in [1.165, 1.54) is 16.7 Å². The molecular formula is C20H26ClNO. The van der Waals surface area contributed by atoms with Crippen molar-refractivity contribution in [3.63, 3.8) is 0 Å². The van der Waals surface area contributed by atoms with Crippen molar-refractivity contribution in [3.8, 4) is 5.75 Å². The summed E-state index contributed by atoms with van der Waals surface area (Å²) in [5.74, 6) is 0.976. The van der Waals surface area contributed by atoms with Crippen LogP contribution in [0.2, 0.25) is 0 Å². The van der Waals surface area contributed by atoms with Crippen LogP contribution in [-0.2, 0) is 19.3 Å². The summed E-state index contributed by atoms with van der Waals surface area (Å²) in [4.78, 5) is 2.62. The zero-order valence-electron chi connectivity index (χ0n) is 14.0. The lowest BCUT2D eigenvalue weighted by Gasteiger charge is -2.27. The molecule has 0 saturated carbocycles. The summed E-state index contributed by atoms with van der Waals surface area (Å²) in [6, 6.07) is 17.9. The van der Waals surface area contributed by atoms with Crippen molar-refractivity contribution in [3.05, 3.63) is 65.2 Å². The average Bonchev–Trinajstić information content (AvgIpc) is 2.77. The van der Waals surface area contributed by atoms with E-state index in [0.29, 0.717) is 6.04 Å². The molecule has 3 heteroatoms. The molecule has 1 heterocycles. The summed E-state index contributed by atoms with van der Waals surface area (Å²) in [5.41, 5.74) is 4.36. The number of ether oxygens (including phenoxy) is 1. The first-order chi connectivity index (χ1) is 10.8. The second-order valence-corrected chi connectivity index (χ2v) is 6.21. The van der Waals surface area contributed by atoms with E-state index in [4.69, 9.17) is 4.74 Å². The highest BCUT2D eigenvalue weighted by atomic mass is 35.5. The normalized spacial score (nSPS) is 15.9. The predicted molar refractivity (Wildman–Crippen MR) is 98.8 cm³/mol. The Bertz CT molecular complexity index is 614. The molecule has 0 fully saturated rings. The molecule has 3 rings (SSSR count).